The predicted octanol–water partition coefficient (Wildman–Crippen LogP) is 2.73. The number of nitrogen functional groups attached to an aromatic ring is 2. The van der Waals surface area contributed by atoms with Gasteiger partial charge in [-0.15, -0.1) is 0 Å². The molecule has 0 spiro atoms. The van der Waals surface area contributed by atoms with Gasteiger partial charge in [-0.1, -0.05) is 42.9 Å². The lowest BCUT2D eigenvalue weighted by atomic mass is 9.99. The Morgan fingerprint density at radius 1 is 1.24 bits per heavy atom. The summed E-state index contributed by atoms with van der Waals surface area (Å²) in [5.41, 5.74) is 14.5. The maximum absolute atomic E-state index is 14.1. The number of nitrogens with one attached hydrogen (secondary N) is 1. The molecular weight excluding hydrogens is 556 g/mol. The summed E-state index contributed by atoms with van der Waals surface area (Å²) in [6.45, 7) is 6.84. The number of piperazine rings is 1. The quantitative estimate of drug-likeness (QED) is 0.167. The second kappa shape index (κ2) is 12.0. The van der Waals surface area contributed by atoms with E-state index in [1.54, 1.807) is 32.0 Å². The van der Waals surface area contributed by atoms with Crippen LogP contribution < -0.4 is 16.8 Å². The molecule has 0 aliphatic carbocycles. The molecule has 0 unspecified atom stereocenters. The van der Waals surface area contributed by atoms with Crippen LogP contribution in [0.1, 0.15) is 44.7 Å². The number of urea groups is 1. The Morgan fingerprint density at radius 3 is 2.74 bits per heavy atom. The molecule has 2 fully saturated rings. The zero-order valence-corrected chi connectivity index (χ0v) is 24.9. The molecule has 42 heavy (non-hydrogen) atoms. The maximum atomic E-state index is 14.1. The molecule has 2 aliphatic rings. The molecule has 3 aromatic rings. The molecule has 0 saturated carbocycles. The molecule has 2 aliphatic heterocycles. The van der Waals surface area contributed by atoms with Gasteiger partial charge < -0.3 is 31.7 Å². The van der Waals surface area contributed by atoms with E-state index >= 15 is 0 Å². The summed E-state index contributed by atoms with van der Waals surface area (Å²) < 4.78 is 0.930. The van der Waals surface area contributed by atoms with Crippen LogP contribution in [0.25, 0.3) is 10.2 Å². The van der Waals surface area contributed by atoms with Gasteiger partial charge in [0.1, 0.15) is 18.0 Å². The number of phenolic OH excluding ortho intramolecular Hbond substituents is 1. The molecule has 2 aromatic carbocycles. The minimum atomic E-state index is -0.831. The van der Waals surface area contributed by atoms with Crippen molar-refractivity contribution in [2.45, 2.75) is 64.8 Å². The predicted molar refractivity (Wildman–Crippen MR) is 162 cm³/mol. The standard InChI is InChI=1S/C29H38N8O4S/c1-4-5-11-32-29(41)37(17(2)3)35-16-25(39)36-21(13-18-9-10-22(38)20(30)12-18)27(40)34(15-24(35)36)14-19-7-6-8-23-26(19)33-28(31)42-23/h6-10,12,17,21,24,38H,4-5,11,13-16,30H2,1-3H3,(H2,31,33)(H,32,41)/t21-,24+/m0/s1. The van der Waals surface area contributed by atoms with Gasteiger partial charge in [-0.3, -0.25) is 14.6 Å². The van der Waals surface area contributed by atoms with Crippen LogP contribution in [-0.2, 0) is 22.6 Å². The summed E-state index contributed by atoms with van der Waals surface area (Å²) in [5, 5.41) is 16.7. The molecule has 0 radical (unpaired) electrons. The monoisotopic (exact) mass is 594 g/mol. The van der Waals surface area contributed by atoms with Gasteiger partial charge in [0.05, 0.1) is 29.0 Å². The van der Waals surface area contributed by atoms with Gasteiger partial charge in [0.25, 0.3) is 0 Å². The highest BCUT2D eigenvalue weighted by Crippen LogP contribution is 2.33. The molecule has 5 rings (SSSR count). The van der Waals surface area contributed by atoms with Crippen LogP contribution in [-0.4, -0.2) is 85.6 Å². The minimum absolute atomic E-state index is 0.0302. The number of carbonyl (C=O) groups is 3. The summed E-state index contributed by atoms with van der Waals surface area (Å²) in [6.07, 6.45) is 1.43. The van der Waals surface area contributed by atoms with Gasteiger partial charge in [0.2, 0.25) is 11.8 Å². The molecule has 13 heteroatoms. The van der Waals surface area contributed by atoms with Gasteiger partial charge in [-0.05, 0) is 49.6 Å². The summed E-state index contributed by atoms with van der Waals surface area (Å²) in [4.78, 5) is 48.9. The van der Waals surface area contributed by atoms with Crippen molar-refractivity contribution in [3.8, 4) is 5.75 Å². The number of hydrazine groups is 1. The van der Waals surface area contributed by atoms with Crippen LogP contribution in [0.15, 0.2) is 36.4 Å². The van der Waals surface area contributed by atoms with Crippen molar-refractivity contribution in [1.29, 1.82) is 0 Å². The van der Waals surface area contributed by atoms with Crippen molar-refractivity contribution < 1.29 is 19.5 Å². The average molecular weight is 595 g/mol. The summed E-state index contributed by atoms with van der Waals surface area (Å²) in [6, 6.07) is 9.26. The first-order valence-electron chi connectivity index (χ1n) is 14.2. The third-order valence-corrected chi connectivity index (χ3v) is 8.60. The largest absolute Gasteiger partial charge is 0.506 e. The number of aromatic hydroxyl groups is 1. The number of hydrogen-bond donors (Lipinski definition) is 4. The molecular formula is C29H38N8O4S. The summed E-state index contributed by atoms with van der Waals surface area (Å²) in [5.74, 6) is -0.489. The number of aromatic nitrogens is 1. The van der Waals surface area contributed by atoms with E-state index in [0.717, 1.165) is 28.6 Å². The normalized spacial score (nSPS) is 19.1. The Morgan fingerprint density at radius 2 is 2.02 bits per heavy atom. The SMILES string of the molecule is CCCCNC(=O)N(C(C)C)N1CC(=O)N2[C@@H](Cc3ccc(O)c(N)c3)C(=O)N(Cc3cccc4sc(N)nc34)C[C@@H]21. The van der Waals surface area contributed by atoms with Gasteiger partial charge in [-0.2, -0.15) is 5.01 Å². The van der Waals surface area contributed by atoms with E-state index in [-0.39, 0.29) is 61.4 Å². The number of rotatable bonds is 9. The van der Waals surface area contributed by atoms with E-state index in [0.29, 0.717) is 17.2 Å². The average Bonchev–Trinajstić information content (AvgIpc) is 3.47. The highest BCUT2D eigenvalue weighted by atomic mass is 32.1. The number of anilines is 2. The van der Waals surface area contributed by atoms with Crippen molar-refractivity contribution >= 4 is 50.2 Å². The number of phenols is 1. The van der Waals surface area contributed by atoms with Crippen LogP contribution >= 0.6 is 11.3 Å². The number of nitrogens with zero attached hydrogens (tertiary/aromatic N) is 5. The fourth-order valence-corrected chi connectivity index (χ4v) is 6.56. The number of carbonyl (C=O) groups excluding carboxylic acids is 3. The number of hydrogen-bond acceptors (Lipinski definition) is 9. The molecule has 6 N–H and O–H groups in total. The van der Waals surface area contributed by atoms with Gasteiger partial charge in [0.15, 0.2) is 5.13 Å². The molecule has 2 atom stereocenters. The maximum Gasteiger partial charge on any atom is 0.332 e. The molecule has 12 nitrogen and oxygen atoms in total. The summed E-state index contributed by atoms with van der Waals surface area (Å²) >= 11 is 1.39. The number of thiazole rings is 1. The van der Waals surface area contributed by atoms with Crippen molar-refractivity contribution in [2.75, 3.05) is 31.1 Å². The number of benzene rings is 2. The lowest BCUT2D eigenvalue weighted by molar-refractivity contribution is -0.158. The van der Waals surface area contributed by atoms with E-state index in [1.165, 1.54) is 17.4 Å². The topological polar surface area (TPSA) is 161 Å². The Kier molecular flexibility index (Phi) is 8.41. The van der Waals surface area contributed by atoms with Crippen molar-refractivity contribution in [2.24, 2.45) is 0 Å². The van der Waals surface area contributed by atoms with E-state index < -0.39 is 12.2 Å². The Bertz CT molecular complexity index is 1490. The molecule has 4 amide bonds. The minimum Gasteiger partial charge on any atom is -0.506 e. The first-order valence-corrected chi connectivity index (χ1v) is 15.1. The van der Waals surface area contributed by atoms with Gasteiger partial charge in [0, 0.05) is 25.6 Å². The Balaban J connectivity index is 1.51. The van der Waals surface area contributed by atoms with Crippen molar-refractivity contribution in [3.05, 3.63) is 47.5 Å². The molecule has 0 bridgehead atoms. The fourth-order valence-electron chi connectivity index (χ4n) is 5.77. The third-order valence-electron chi connectivity index (χ3n) is 7.75. The van der Waals surface area contributed by atoms with Crippen LogP contribution in [0, 0.1) is 0 Å². The Hall–Kier alpha value is -4.10. The first kappa shape index (κ1) is 29.4. The number of fused-ring (bicyclic) bond motifs is 2. The third kappa shape index (κ3) is 5.66. The zero-order valence-electron chi connectivity index (χ0n) is 24.1. The number of amides is 4. The second-order valence-corrected chi connectivity index (χ2v) is 12.1. The summed E-state index contributed by atoms with van der Waals surface area (Å²) in [7, 11) is 0. The van der Waals surface area contributed by atoms with Gasteiger partial charge >= 0.3 is 6.03 Å². The number of nitrogens with two attached hydrogens (primary N) is 2. The zero-order chi connectivity index (χ0) is 30.1. The van der Waals surface area contributed by atoms with E-state index in [2.05, 4.69) is 17.2 Å². The highest BCUT2D eigenvalue weighted by Gasteiger charge is 2.52. The van der Waals surface area contributed by atoms with E-state index in [9.17, 15) is 19.5 Å². The van der Waals surface area contributed by atoms with Gasteiger partial charge in [-0.25, -0.2) is 9.78 Å². The lowest BCUT2D eigenvalue weighted by Gasteiger charge is -2.47. The van der Waals surface area contributed by atoms with Crippen molar-refractivity contribution in [3.63, 3.8) is 0 Å². The van der Waals surface area contributed by atoms with E-state index in [1.807, 2.05) is 32.0 Å². The highest BCUT2D eigenvalue weighted by molar-refractivity contribution is 7.22. The Labute approximate surface area is 248 Å². The fraction of sp³-hybridized carbons (Fsp3) is 0.448. The van der Waals surface area contributed by atoms with Crippen LogP contribution in [0.2, 0.25) is 0 Å². The van der Waals surface area contributed by atoms with Crippen LogP contribution in [0.3, 0.4) is 0 Å². The van der Waals surface area contributed by atoms with Crippen LogP contribution in [0.5, 0.6) is 5.75 Å². The smallest absolute Gasteiger partial charge is 0.332 e. The molecule has 3 heterocycles. The number of unbranched alkanes of at least 4 members (excludes halogenated alkanes) is 1. The first-order chi connectivity index (χ1) is 20.1. The molecule has 224 valence electrons. The van der Waals surface area contributed by atoms with E-state index in [4.69, 9.17) is 11.5 Å². The van der Waals surface area contributed by atoms with Crippen LogP contribution in [0.4, 0.5) is 15.6 Å². The lowest BCUT2D eigenvalue weighted by Crippen LogP contribution is -2.66. The molecule has 1 aromatic heterocycles. The molecule has 2 saturated heterocycles. The second-order valence-electron chi connectivity index (χ2n) is 11.1. The number of para-hydroxylation sites is 1. The van der Waals surface area contributed by atoms with Crippen molar-refractivity contribution in [1.82, 2.24) is 30.1 Å².